The maximum Gasteiger partial charge on any atom is 0.488 e. The van der Waals surface area contributed by atoms with Gasteiger partial charge in [-0.25, -0.2) is 0 Å². The Kier molecular flexibility index (Phi) is 5.09. The minimum atomic E-state index is -0.0683. The van der Waals surface area contributed by atoms with Gasteiger partial charge in [0.15, 0.2) is 6.29 Å². The van der Waals surface area contributed by atoms with Gasteiger partial charge in [-0.2, -0.15) is 0 Å². The van der Waals surface area contributed by atoms with Gasteiger partial charge < -0.3 is 18.8 Å². The summed E-state index contributed by atoms with van der Waals surface area (Å²) in [5.41, 5.74) is 1.22. The first-order valence-electron chi connectivity index (χ1n) is 7.30. The molecule has 3 atom stereocenters. The summed E-state index contributed by atoms with van der Waals surface area (Å²) < 4.78 is 22.3. The summed E-state index contributed by atoms with van der Waals surface area (Å²) in [7, 11) is 1.43. The van der Waals surface area contributed by atoms with Crippen molar-refractivity contribution in [3.8, 4) is 0 Å². The second-order valence-corrected chi connectivity index (χ2v) is 5.25. The second-order valence-electron chi connectivity index (χ2n) is 5.25. The van der Waals surface area contributed by atoms with Crippen molar-refractivity contribution in [3.63, 3.8) is 0 Å². The quantitative estimate of drug-likeness (QED) is 0.772. The van der Waals surface area contributed by atoms with Crippen molar-refractivity contribution in [2.45, 2.75) is 37.6 Å². The van der Waals surface area contributed by atoms with E-state index in [0.29, 0.717) is 13.2 Å². The molecule has 1 aromatic carbocycles. The fraction of sp³-hybridized carbons (Fsp3) is 0.600. The Morgan fingerprint density at radius 3 is 2.85 bits per heavy atom. The lowest BCUT2D eigenvalue weighted by atomic mass is 9.94. The largest absolute Gasteiger partial charge is 0.488 e. The summed E-state index contributed by atoms with van der Waals surface area (Å²) in [4.78, 5) is 0. The van der Waals surface area contributed by atoms with Gasteiger partial charge in [0.25, 0.3) is 0 Å². The van der Waals surface area contributed by atoms with Crippen LogP contribution in [0, 0.1) is 0 Å². The summed E-state index contributed by atoms with van der Waals surface area (Å²) >= 11 is 0. The third-order valence-corrected chi connectivity index (χ3v) is 3.83. The monoisotopic (exact) mass is 275 g/mol. The van der Waals surface area contributed by atoms with Crippen molar-refractivity contribution >= 4 is 7.69 Å². The van der Waals surface area contributed by atoms with Gasteiger partial charge in [-0.1, -0.05) is 30.3 Å². The Bertz CT molecular complexity index is 388. The smallest absolute Gasteiger partial charge is 0.411 e. The van der Waals surface area contributed by atoms with E-state index in [-0.39, 0.29) is 18.3 Å². The molecule has 2 saturated heterocycles. The standard InChI is InChI=1S/C15H20BO4/c1-2-6-12(7-3-1)13(14-11-19-16-20-14)10-18-15-8-4-5-9-17-15/h1-3,6-7,13-15H,4-5,8-11H2. The topological polar surface area (TPSA) is 36.9 Å². The molecule has 0 N–H and O–H groups in total. The second kappa shape index (κ2) is 7.22. The Balaban J connectivity index is 1.62. The van der Waals surface area contributed by atoms with E-state index >= 15 is 0 Å². The third kappa shape index (κ3) is 3.61. The van der Waals surface area contributed by atoms with Crippen LogP contribution in [0.2, 0.25) is 0 Å². The van der Waals surface area contributed by atoms with Crippen molar-refractivity contribution < 1.29 is 18.8 Å². The first-order valence-corrected chi connectivity index (χ1v) is 7.30. The molecule has 0 aromatic heterocycles. The number of hydrogen-bond donors (Lipinski definition) is 0. The molecule has 0 bridgehead atoms. The zero-order valence-corrected chi connectivity index (χ0v) is 11.6. The molecule has 4 nitrogen and oxygen atoms in total. The normalized spacial score (nSPS) is 28.0. The van der Waals surface area contributed by atoms with Crippen LogP contribution in [-0.2, 0) is 18.8 Å². The van der Waals surface area contributed by atoms with Crippen molar-refractivity contribution in [2.24, 2.45) is 0 Å². The van der Waals surface area contributed by atoms with E-state index in [1.807, 2.05) is 18.2 Å². The van der Waals surface area contributed by atoms with Crippen molar-refractivity contribution in [3.05, 3.63) is 35.9 Å². The Hall–Kier alpha value is -0.875. The molecule has 2 fully saturated rings. The van der Waals surface area contributed by atoms with E-state index in [4.69, 9.17) is 18.8 Å². The van der Waals surface area contributed by atoms with Gasteiger partial charge in [-0.15, -0.1) is 0 Å². The van der Waals surface area contributed by atoms with Crippen LogP contribution in [0.5, 0.6) is 0 Å². The van der Waals surface area contributed by atoms with Crippen LogP contribution in [0.3, 0.4) is 0 Å². The highest BCUT2D eigenvalue weighted by Gasteiger charge is 2.30. The Morgan fingerprint density at radius 2 is 2.15 bits per heavy atom. The fourth-order valence-electron chi connectivity index (χ4n) is 2.67. The van der Waals surface area contributed by atoms with E-state index in [2.05, 4.69) is 12.1 Å². The summed E-state index contributed by atoms with van der Waals surface area (Å²) in [6.45, 7) is 1.97. The van der Waals surface area contributed by atoms with E-state index in [0.717, 1.165) is 19.4 Å². The summed E-state index contributed by atoms with van der Waals surface area (Å²) in [5, 5.41) is 0. The Labute approximate surface area is 120 Å². The molecule has 2 aliphatic heterocycles. The lowest BCUT2D eigenvalue weighted by molar-refractivity contribution is -0.167. The van der Waals surface area contributed by atoms with Gasteiger partial charge >= 0.3 is 7.69 Å². The molecule has 0 aliphatic carbocycles. The first kappa shape index (κ1) is 14.1. The van der Waals surface area contributed by atoms with Crippen LogP contribution in [0.4, 0.5) is 0 Å². The van der Waals surface area contributed by atoms with E-state index < -0.39 is 0 Å². The predicted octanol–water partition coefficient (Wildman–Crippen LogP) is 2.26. The zero-order valence-electron chi connectivity index (χ0n) is 11.6. The SMILES string of the molecule is [B]1OCC(C(COC2CCCCO2)c2ccccc2)O1. The van der Waals surface area contributed by atoms with Crippen LogP contribution in [0.25, 0.3) is 0 Å². The van der Waals surface area contributed by atoms with Crippen LogP contribution in [0.1, 0.15) is 30.7 Å². The average Bonchev–Trinajstić information content (AvgIpc) is 3.04. The maximum atomic E-state index is 5.94. The molecule has 0 amide bonds. The third-order valence-electron chi connectivity index (χ3n) is 3.83. The van der Waals surface area contributed by atoms with Gasteiger partial charge in [0.05, 0.1) is 19.3 Å². The highest BCUT2D eigenvalue weighted by atomic mass is 16.7. The molecular weight excluding hydrogens is 255 g/mol. The number of rotatable bonds is 5. The number of hydrogen-bond acceptors (Lipinski definition) is 4. The molecule has 20 heavy (non-hydrogen) atoms. The van der Waals surface area contributed by atoms with Crippen LogP contribution in [0.15, 0.2) is 30.3 Å². The highest BCUT2D eigenvalue weighted by molar-refractivity contribution is 6.18. The molecule has 107 valence electrons. The molecular formula is C15H20BO4. The van der Waals surface area contributed by atoms with Crippen LogP contribution < -0.4 is 0 Å². The predicted molar refractivity (Wildman–Crippen MR) is 75.3 cm³/mol. The van der Waals surface area contributed by atoms with Gasteiger partial charge in [0, 0.05) is 12.5 Å². The summed E-state index contributed by atoms with van der Waals surface area (Å²) in [6.07, 6.45) is 3.24. The van der Waals surface area contributed by atoms with Gasteiger partial charge in [0.2, 0.25) is 0 Å². The van der Waals surface area contributed by atoms with Crippen molar-refractivity contribution in [2.75, 3.05) is 19.8 Å². The summed E-state index contributed by atoms with van der Waals surface area (Å²) in [5.74, 6) is 0.167. The van der Waals surface area contributed by atoms with Crippen molar-refractivity contribution in [1.82, 2.24) is 0 Å². The molecule has 3 unspecified atom stereocenters. The molecule has 0 saturated carbocycles. The van der Waals surface area contributed by atoms with Gasteiger partial charge in [0.1, 0.15) is 0 Å². The number of benzene rings is 1. The van der Waals surface area contributed by atoms with E-state index in [1.54, 1.807) is 0 Å². The molecule has 2 heterocycles. The van der Waals surface area contributed by atoms with E-state index in [9.17, 15) is 0 Å². The zero-order chi connectivity index (χ0) is 13.6. The minimum Gasteiger partial charge on any atom is -0.411 e. The van der Waals surface area contributed by atoms with Crippen LogP contribution in [-0.4, -0.2) is 39.9 Å². The van der Waals surface area contributed by atoms with Crippen molar-refractivity contribution in [1.29, 1.82) is 0 Å². The van der Waals surface area contributed by atoms with E-state index in [1.165, 1.54) is 19.7 Å². The fourth-order valence-corrected chi connectivity index (χ4v) is 2.67. The molecule has 5 heteroatoms. The van der Waals surface area contributed by atoms with Gasteiger partial charge in [-0.05, 0) is 24.8 Å². The molecule has 3 rings (SSSR count). The minimum absolute atomic E-state index is 0.0148. The average molecular weight is 275 g/mol. The maximum absolute atomic E-state index is 5.94. The van der Waals surface area contributed by atoms with Gasteiger partial charge in [-0.3, -0.25) is 0 Å². The Morgan fingerprint density at radius 1 is 1.25 bits per heavy atom. The van der Waals surface area contributed by atoms with Crippen LogP contribution >= 0.6 is 0 Å². The molecule has 0 spiro atoms. The lowest BCUT2D eigenvalue weighted by Gasteiger charge is -2.28. The lowest BCUT2D eigenvalue weighted by Crippen LogP contribution is -2.30. The highest BCUT2D eigenvalue weighted by Crippen LogP contribution is 2.26. The summed E-state index contributed by atoms with van der Waals surface area (Å²) in [6, 6.07) is 10.3. The first-order chi connectivity index (χ1) is 9.93. The number of ether oxygens (including phenoxy) is 2. The molecule has 1 aromatic rings. The molecule has 1 radical (unpaired) electrons. The molecule has 2 aliphatic rings.